The highest BCUT2D eigenvalue weighted by Crippen LogP contribution is 2.27. The van der Waals surface area contributed by atoms with Crippen LogP contribution in [0.2, 0.25) is 0 Å². The van der Waals surface area contributed by atoms with E-state index in [2.05, 4.69) is 18.2 Å². The second-order valence-electron chi connectivity index (χ2n) is 5.41. The van der Waals surface area contributed by atoms with Crippen molar-refractivity contribution in [1.82, 2.24) is 0 Å². The molecule has 0 saturated carbocycles. The molecule has 0 aromatic heterocycles. The minimum absolute atomic E-state index is 0.737. The van der Waals surface area contributed by atoms with Crippen LogP contribution >= 0.6 is 11.8 Å². The van der Waals surface area contributed by atoms with Crippen molar-refractivity contribution < 1.29 is 4.74 Å². The molecule has 0 heterocycles. The first-order chi connectivity index (χ1) is 10.3. The molecule has 0 atom stereocenters. The summed E-state index contributed by atoms with van der Waals surface area (Å²) in [7, 11) is 0. The van der Waals surface area contributed by atoms with Gasteiger partial charge >= 0.3 is 0 Å². The first-order valence-electron chi connectivity index (χ1n) is 7.54. The third kappa shape index (κ3) is 3.94. The Hall–Kier alpha value is -1.61. The summed E-state index contributed by atoms with van der Waals surface area (Å²) in [5, 5.41) is 0. The molecule has 0 spiro atoms. The molecule has 110 valence electrons. The minimum Gasteiger partial charge on any atom is -0.493 e. The average molecular weight is 299 g/mol. The lowest BCUT2D eigenvalue weighted by Gasteiger charge is -2.07. The molecule has 0 fully saturated rings. The van der Waals surface area contributed by atoms with Crippen molar-refractivity contribution in [1.29, 1.82) is 0 Å². The molecule has 2 aromatic carbocycles. The molecule has 3 heteroatoms. The number of aryl methyl sites for hydroxylation is 2. The third-order valence-corrected chi connectivity index (χ3v) is 4.83. The van der Waals surface area contributed by atoms with Gasteiger partial charge in [-0.1, -0.05) is 12.1 Å². The number of ether oxygens (including phenoxy) is 1. The molecule has 0 radical (unpaired) electrons. The molecule has 0 bridgehead atoms. The van der Waals surface area contributed by atoms with Gasteiger partial charge in [-0.25, -0.2) is 0 Å². The number of anilines is 1. The van der Waals surface area contributed by atoms with Crippen molar-refractivity contribution in [3.63, 3.8) is 0 Å². The van der Waals surface area contributed by atoms with Gasteiger partial charge in [0.2, 0.25) is 0 Å². The number of rotatable bonds is 6. The van der Waals surface area contributed by atoms with Gasteiger partial charge in [0, 0.05) is 22.4 Å². The van der Waals surface area contributed by atoms with Gasteiger partial charge in [-0.3, -0.25) is 0 Å². The first-order valence-corrected chi connectivity index (χ1v) is 8.53. The largest absolute Gasteiger partial charge is 0.493 e. The third-order valence-electron chi connectivity index (χ3n) is 3.75. The smallest absolute Gasteiger partial charge is 0.121 e. The highest BCUT2D eigenvalue weighted by molar-refractivity contribution is 7.99. The minimum atomic E-state index is 0.737. The maximum Gasteiger partial charge on any atom is 0.121 e. The molecule has 0 saturated heterocycles. The zero-order valence-electron chi connectivity index (χ0n) is 12.2. The lowest BCUT2D eigenvalue weighted by molar-refractivity contribution is 0.319. The van der Waals surface area contributed by atoms with Gasteiger partial charge in [-0.15, -0.1) is 11.8 Å². The fraction of sp³-hybridized carbons (Fsp3) is 0.333. The number of nitrogens with two attached hydrogens (primary N) is 1. The Morgan fingerprint density at radius 3 is 2.86 bits per heavy atom. The van der Waals surface area contributed by atoms with Gasteiger partial charge < -0.3 is 10.5 Å². The molecule has 1 aliphatic carbocycles. The normalized spacial score (nSPS) is 13.1. The van der Waals surface area contributed by atoms with E-state index < -0.39 is 0 Å². The zero-order chi connectivity index (χ0) is 14.5. The summed E-state index contributed by atoms with van der Waals surface area (Å²) in [6, 6.07) is 14.5. The van der Waals surface area contributed by atoms with Gasteiger partial charge in [-0.05, 0) is 61.1 Å². The van der Waals surface area contributed by atoms with E-state index >= 15 is 0 Å². The van der Waals surface area contributed by atoms with Crippen LogP contribution in [-0.2, 0) is 12.8 Å². The molecule has 2 aromatic rings. The topological polar surface area (TPSA) is 35.2 Å². The number of hydrogen-bond acceptors (Lipinski definition) is 3. The Balaban J connectivity index is 1.40. The van der Waals surface area contributed by atoms with Crippen LogP contribution in [0.1, 0.15) is 24.0 Å². The summed E-state index contributed by atoms with van der Waals surface area (Å²) < 4.78 is 5.71. The van der Waals surface area contributed by atoms with Crippen LogP contribution in [0, 0.1) is 0 Å². The first kappa shape index (κ1) is 14.3. The molecule has 0 aliphatic heterocycles. The lowest BCUT2D eigenvalue weighted by atomic mass is 10.1. The quantitative estimate of drug-likeness (QED) is 0.490. The van der Waals surface area contributed by atoms with Crippen LogP contribution in [0.3, 0.4) is 0 Å². The van der Waals surface area contributed by atoms with E-state index in [0.717, 1.165) is 30.2 Å². The SMILES string of the molecule is Nc1cccc(OCCCSc2ccc3c(c2)CCC3)c1. The predicted molar refractivity (Wildman–Crippen MR) is 90.2 cm³/mol. The van der Waals surface area contributed by atoms with Crippen LogP contribution in [0.4, 0.5) is 5.69 Å². The standard InChI is InChI=1S/C18H21NOS/c19-16-6-2-7-17(13-16)20-10-3-11-21-18-9-8-14-4-1-5-15(14)12-18/h2,6-9,12-13H,1,3-5,10-11,19H2. The maximum atomic E-state index is 5.73. The molecular weight excluding hydrogens is 278 g/mol. The fourth-order valence-corrected chi connectivity index (χ4v) is 3.57. The summed E-state index contributed by atoms with van der Waals surface area (Å²) in [6.07, 6.45) is 4.87. The van der Waals surface area contributed by atoms with E-state index in [1.807, 2.05) is 36.0 Å². The zero-order valence-corrected chi connectivity index (χ0v) is 13.0. The molecule has 0 unspecified atom stereocenters. The Kier molecular flexibility index (Phi) is 4.71. The molecule has 1 aliphatic rings. The van der Waals surface area contributed by atoms with E-state index in [1.165, 1.54) is 24.2 Å². The van der Waals surface area contributed by atoms with Gasteiger partial charge in [0.25, 0.3) is 0 Å². The van der Waals surface area contributed by atoms with E-state index in [0.29, 0.717) is 0 Å². The Morgan fingerprint density at radius 1 is 1.05 bits per heavy atom. The molecule has 3 rings (SSSR count). The molecule has 2 nitrogen and oxygen atoms in total. The molecule has 0 amide bonds. The van der Waals surface area contributed by atoms with Crippen molar-refractivity contribution in [2.75, 3.05) is 18.1 Å². The van der Waals surface area contributed by atoms with E-state index in [9.17, 15) is 0 Å². The number of hydrogen-bond donors (Lipinski definition) is 1. The highest BCUT2D eigenvalue weighted by atomic mass is 32.2. The summed E-state index contributed by atoms with van der Waals surface area (Å²) in [6.45, 7) is 0.737. The summed E-state index contributed by atoms with van der Waals surface area (Å²) in [4.78, 5) is 1.39. The van der Waals surface area contributed by atoms with Crippen molar-refractivity contribution >= 4 is 17.4 Å². The van der Waals surface area contributed by atoms with Crippen LogP contribution < -0.4 is 10.5 Å². The predicted octanol–water partition coefficient (Wildman–Crippen LogP) is 4.32. The van der Waals surface area contributed by atoms with Gasteiger partial charge in [0.15, 0.2) is 0 Å². The lowest BCUT2D eigenvalue weighted by Crippen LogP contribution is -1.99. The monoisotopic (exact) mass is 299 g/mol. The van der Waals surface area contributed by atoms with E-state index in [1.54, 1.807) is 11.1 Å². The number of fused-ring (bicyclic) bond motifs is 1. The number of nitrogen functional groups attached to an aromatic ring is 1. The number of thioether (sulfide) groups is 1. The summed E-state index contributed by atoms with van der Waals surface area (Å²) >= 11 is 1.92. The average Bonchev–Trinajstić information content (AvgIpc) is 2.94. The maximum absolute atomic E-state index is 5.73. The Morgan fingerprint density at radius 2 is 1.95 bits per heavy atom. The second kappa shape index (κ2) is 6.90. The molecule has 21 heavy (non-hydrogen) atoms. The summed E-state index contributed by atoms with van der Waals surface area (Å²) in [5.41, 5.74) is 9.57. The van der Waals surface area contributed by atoms with Crippen molar-refractivity contribution in [2.24, 2.45) is 0 Å². The second-order valence-corrected chi connectivity index (χ2v) is 6.58. The van der Waals surface area contributed by atoms with Crippen LogP contribution in [0.5, 0.6) is 5.75 Å². The van der Waals surface area contributed by atoms with Gasteiger partial charge in [-0.2, -0.15) is 0 Å². The van der Waals surface area contributed by atoms with Crippen LogP contribution in [0.15, 0.2) is 47.4 Å². The van der Waals surface area contributed by atoms with Crippen molar-refractivity contribution in [3.05, 3.63) is 53.6 Å². The highest BCUT2D eigenvalue weighted by Gasteiger charge is 2.10. The van der Waals surface area contributed by atoms with Crippen molar-refractivity contribution in [2.45, 2.75) is 30.6 Å². The molecular formula is C18H21NOS. The van der Waals surface area contributed by atoms with E-state index in [4.69, 9.17) is 10.5 Å². The van der Waals surface area contributed by atoms with Crippen LogP contribution in [0.25, 0.3) is 0 Å². The Labute approximate surface area is 130 Å². The van der Waals surface area contributed by atoms with Gasteiger partial charge in [0.1, 0.15) is 5.75 Å². The Bertz CT molecular complexity index is 612. The fourth-order valence-electron chi connectivity index (χ4n) is 2.68. The van der Waals surface area contributed by atoms with Gasteiger partial charge in [0.05, 0.1) is 6.61 Å². The van der Waals surface area contributed by atoms with E-state index in [-0.39, 0.29) is 0 Å². The molecule has 2 N–H and O–H groups in total. The van der Waals surface area contributed by atoms with Crippen molar-refractivity contribution in [3.8, 4) is 5.75 Å². The summed E-state index contributed by atoms with van der Waals surface area (Å²) in [5.74, 6) is 1.94. The number of benzene rings is 2. The van der Waals surface area contributed by atoms with Crippen LogP contribution in [-0.4, -0.2) is 12.4 Å².